The number of para-hydroxylation sites is 2. The fourth-order valence-electron chi connectivity index (χ4n) is 2.48. The summed E-state index contributed by atoms with van der Waals surface area (Å²) >= 11 is 6.61. The highest BCUT2D eigenvalue weighted by molar-refractivity contribution is 7.99. The van der Waals surface area contributed by atoms with Crippen LogP contribution in [0.5, 0.6) is 5.75 Å². The van der Waals surface area contributed by atoms with Crippen LogP contribution in [0.3, 0.4) is 0 Å². The number of hydrogen-bond acceptors (Lipinski definition) is 6. The van der Waals surface area contributed by atoms with E-state index in [9.17, 15) is 18.0 Å². The summed E-state index contributed by atoms with van der Waals surface area (Å²) in [5.74, 6) is -0.0798. The Bertz CT molecular complexity index is 1040. The molecule has 7 nitrogen and oxygen atoms in total. The van der Waals surface area contributed by atoms with Crippen molar-refractivity contribution in [3.8, 4) is 11.4 Å². The molecule has 0 saturated carbocycles. The lowest BCUT2D eigenvalue weighted by Gasteiger charge is -2.12. The summed E-state index contributed by atoms with van der Waals surface area (Å²) in [6, 6.07) is 10.3. The van der Waals surface area contributed by atoms with Gasteiger partial charge in [0.2, 0.25) is 11.1 Å². The smallest absolute Gasteiger partial charge is 0.417 e. The summed E-state index contributed by atoms with van der Waals surface area (Å²) in [6.07, 6.45) is -4.62. The van der Waals surface area contributed by atoms with Crippen molar-refractivity contribution in [3.05, 3.63) is 53.1 Å². The first-order chi connectivity index (χ1) is 14.3. The van der Waals surface area contributed by atoms with Crippen LogP contribution in [0, 0.1) is 0 Å². The number of rotatable bonds is 7. The molecule has 0 spiro atoms. The van der Waals surface area contributed by atoms with Crippen molar-refractivity contribution in [1.82, 2.24) is 20.2 Å². The van der Waals surface area contributed by atoms with Crippen molar-refractivity contribution in [3.63, 3.8) is 0 Å². The molecule has 0 saturated heterocycles. The summed E-state index contributed by atoms with van der Waals surface area (Å²) in [4.78, 5) is 12.2. The summed E-state index contributed by atoms with van der Waals surface area (Å²) in [7, 11) is 0. The van der Waals surface area contributed by atoms with Gasteiger partial charge in [0, 0.05) is 5.69 Å². The number of aromatic nitrogens is 4. The zero-order valence-electron chi connectivity index (χ0n) is 15.5. The zero-order chi connectivity index (χ0) is 21.7. The van der Waals surface area contributed by atoms with E-state index in [1.54, 1.807) is 24.3 Å². The summed E-state index contributed by atoms with van der Waals surface area (Å²) in [5, 5.41) is 13.7. The number of carbonyl (C=O) groups is 1. The minimum absolute atomic E-state index is 0.0152. The summed E-state index contributed by atoms with van der Waals surface area (Å²) in [6.45, 7) is 2.29. The average molecular weight is 458 g/mol. The average Bonchev–Trinajstić information content (AvgIpc) is 3.16. The Hall–Kier alpha value is -2.79. The number of tetrazole rings is 1. The van der Waals surface area contributed by atoms with E-state index in [4.69, 9.17) is 16.3 Å². The second-order valence-electron chi connectivity index (χ2n) is 5.80. The Morgan fingerprint density at radius 3 is 2.77 bits per heavy atom. The molecule has 1 N–H and O–H groups in total. The number of nitrogens with zero attached hydrogens (tertiary/aromatic N) is 4. The van der Waals surface area contributed by atoms with Gasteiger partial charge in [0.25, 0.3) is 0 Å². The number of nitrogens with one attached hydrogen (secondary N) is 1. The third-order valence-corrected chi connectivity index (χ3v) is 4.97. The van der Waals surface area contributed by atoms with Crippen LogP contribution in [0.25, 0.3) is 5.69 Å². The first-order valence-corrected chi connectivity index (χ1v) is 9.96. The van der Waals surface area contributed by atoms with Gasteiger partial charge in [0.1, 0.15) is 11.4 Å². The molecule has 1 heterocycles. The van der Waals surface area contributed by atoms with E-state index < -0.39 is 22.7 Å². The summed E-state index contributed by atoms with van der Waals surface area (Å²) < 4.78 is 45.9. The lowest BCUT2D eigenvalue weighted by molar-refractivity contribution is -0.137. The molecule has 3 rings (SSSR count). The molecule has 3 aromatic rings. The van der Waals surface area contributed by atoms with Crippen molar-refractivity contribution in [2.75, 3.05) is 17.7 Å². The number of amides is 1. The van der Waals surface area contributed by atoms with Crippen LogP contribution in [0.4, 0.5) is 18.9 Å². The Labute approximate surface area is 178 Å². The molecular formula is C18H15ClF3N5O2S. The van der Waals surface area contributed by atoms with Gasteiger partial charge in [0.15, 0.2) is 0 Å². The van der Waals surface area contributed by atoms with E-state index in [0.29, 0.717) is 23.2 Å². The van der Waals surface area contributed by atoms with Gasteiger partial charge in [-0.25, -0.2) is 0 Å². The molecule has 0 unspecified atom stereocenters. The van der Waals surface area contributed by atoms with E-state index in [1.165, 1.54) is 10.7 Å². The van der Waals surface area contributed by atoms with Crippen LogP contribution in [0.2, 0.25) is 5.02 Å². The van der Waals surface area contributed by atoms with E-state index in [1.807, 2.05) is 6.92 Å². The first-order valence-electron chi connectivity index (χ1n) is 8.59. The van der Waals surface area contributed by atoms with Crippen LogP contribution >= 0.6 is 23.4 Å². The van der Waals surface area contributed by atoms with E-state index in [2.05, 4.69) is 20.8 Å². The quantitative estimate of drug-likeness (QED) is 0.527. The SMILES string of the molecule is CCOc1ccccc1-n1nnnc1SCC(=O)Nc1ccc(Cl)c(C(F)(F)F)c1. The molecule has 0 radical (unpaired) electrons. The van der Waals surface area contributed by atoms with Gasteiger partial charge in [-0.15, -0.1) is 5.10 Å². The standard InChI is InChI=1S/C18H15ClF3N5O2S/c1-2-29-15-6-4-3-5-14(15)27-17(24-25-26-27)30-10-16(28)23-11-7-8-13(19)12(9-11)18(20,21)22/h3-9H,2,10H2,1H3,(H,23,28). The van der Waals surface area contributed by atoms with Crippen molar-refractivity contribution >= 4 is 35.0 Å². The molecule has 0 atom stereocenters. The lowest BCUT2D eigenvalue weighted by Crippen LogP contribution is -2.16. The fraction of sp³-hybridized carbons (Fsp3) is 0.222. The van der Waals surface area contributed by atoms with Gasteiger partial charge in [-0.3, -0.25) is 4.79 Å². The topological polar surface area (TPSA) is 81.9 Å². The van der Waals surface area contributed by atoms with Crippen molar-refractivity contribution in [1.29, 1.82) is 0 Å². The summed E-state index contributed by atoms with van der Waals surface area (Å²) in [5.41, 5.74) is -0.440. The third kappa shape index (κ3) is 5.22. The second kappa shape index (κ2) is 9.35. The number of ether oxygens (including phenoxy) is 1. The Morgan fingerprint density at radius 1 is 1.27 bits per heavy atom. The van der Waals surface area contributed by atoms with Crippen molar-refractivity contribution in [2.24, 2.45) is 0 Å². The molecule has 0 aliphatic carbocycles. The number of anilines is 1. The minimum Gasteiger partial charge on any atom is -0.492 e. The predicted molar refractivity (Wildman–Crippen MR) is 106 cm³/mol. The van der Waals surface area contributed by atoms with Gasteiger partial charge in [-0.1, -0.05) is 35.5 Å². The zero-order valence-corrected chi connectivity index (χ0v) is 17.1. The van der Waals surface area contributed by atoms with Gasteiger partial charge < -0.3 is 10.1 Å². The van der Waals surface area contributed by atoms with Crippen LogP contribution in [-0.2, 0) is 11.0 Å². The molecule has 0 bridgehead atoms. The lowest BCUT2D eigenvalue weighted by atomic mass is 10.2. The maximum Gasteiger partial charge on any atom is 0.417 e. The third-order valence-electron chi connectivity index (χ3n) is 3.72. The molecule has 1 amide bonds. The van der Waals surface area contributed by atoms with Gasteiger partial charge in [-0.05, 0) is 47.7 Å². The maximum absolute atomic E-state index is 13.0. The number of benzene rings is 2. The molecule has 158 valence electrons. The number of halogens is 4. The predicted octanol–water partition coefficient (Wildman–Crippen LogP) is 4.46. The normalized spacial score (nSPS) is 11.4. The minimum atomic E-state index is -4.62. The highest BCUT2D eigenvalue weighted by atomic mass is 35.5. The molecule has 0 aliphatic heterocycles. The van der Waals surface area contributed by atoms with Gasteiger partial charge in [-0.2, -0.15) is 17.9 Å². The Kier molecular flexibility index (Phi) is 6.83. The van der Waals surface area contributed by atoms with Gasteiger partial charge >= 0.3 is 6.18 Å². The Morgan fingerprint density at radius 2 is 2.03 bits per heavy atom. The molecule has 0 fully saturated rings. The molecular weight excluding hydrogens is 443 g/mol. The number of thioether (sulfide) groups is 1. The Balaban J connectivity index is 1.70. The first kappa shape index (κ1) is 21.9. The fourth-order valence-corrected chi connectivity index (χ4v) is 3.39. The van der Waals surface area contributed by atoms with E-state index in [0.717, 1.165) is 23.9 Å². The van der Waals surface area contributed by atoms with Gasteiger partial charge in [0.05, 0.1) is 22.9 Å². The van der Waals surface area contributed by atoms with E-state index >= 15 is 0 Å². The number of alkyl halides is 3. The largest absolute Gasteiger partial charge is 0.492 e. The number of hydrogen-bond donors (Lipinski definition) is 1. The van der Waals surface area contributed by atoms with Crippen LogP contribution < -0.4 is 10.1 Å². The highest BCUT2D eigenvalue weighted by Crippen LogP contribution is 2.36. The van der Waals surface area contributed by atoms with E-state index in [-0.39, 0.29) is 11.4 Å². The molecule has 30 heavy (non-hydrogen) atoms. The molecule has 12 heteroatoms. The second-order valence-corrected chi connectivity index (χ2v) is 7.15. The monoisotopic (exact) mass is 457 g/mol. The van der Waals surface area contributed by atoms with Crippen LogP contribution in [-0.4, -0.2) is 38.5 Å². The molecule has 2 aromatic carbocycles. The van der Waals surface area contributed by atoms with Crippen LogP contribution in [0.1, 0.15) is 12.5 Å². The van der Waals surface area contributed by atoms with Crippen molar-refractivity contribution in [2.45, 2.75) is 18.3 Å². The molecule has 0 aliphatic rings. The molecule has 1 aromatic heterocycles. The van der Waals surface area contributed by atoms with Crippen molar-refractivity contribution < 1.29 is 22.7 Å². The number of carbonyl (C=O) groups excluding carboxylic acids is 1. The maximum atomic E-state index is 13.0. The van der Waals surface area contributed by atoms with Crippen LogP contribution in [0.15, 0.2) is 47.6 Å². The highest BCUT2D eigenvalue weighted by Gasteiger charge is 2.33.